The molecule has 0 heterocycles. The fraction of sp³-hybridized carbons (Fsp3) is 0.267. The van der Waals surface area contributed by atoms with E-state index in [1.165, 1.54) is 25.1 Å². The van der Waals surface area contributed by atoms with E-state index in [1.807, 2.05) is 0 Å². The van der Waals surface area contributed by atoms with E-state index in [-0.39, 0.29) is 28.0 Å². The number of carbonyl (C=O) groups is 3. The van der Waals surface area contributed by atoms with Crippen LogP contribution in [0.3, 0.4) is 0 Å². The summed E-state index contributed by atoms with van der Waals surface area (Å²) in [6.45, 7) is 4.55. The van der Waals surface area contributed by atoms with E-state index in [4.69, 9.17) is 21.4 Å². The third kappa shape index (κ3) is 4.60. The van der Waals surface area contributed by atoms with E-state index in [9.17, 15) is 14.4 Å². The number of carboxylic acids is 1. The molecule has 1 aromatic carbocycles. The number of carbonyl (C=O) groups excluding carboxylic acids is 2. The van der Waals surface area contributed by atoms with Crippen LogP contribution in [0.2, 0.25) is 5.02 Å². The van der Waals surface area contributed by atoms with E-state index in [0.717, 1.165) is 6.20 Å². The van der Waals surface area contributed by atoms with Crippen LogP contribution in [0.25, 0.3) is 0 Å². The Balaban J connectivity index is 3.06. The monoisotopic (exact) mass is 325 g/mol. The number of Topliss-reactive ketones (excluding diaryl/α,β-unsaturated/α-hetero) is 1. The third-order valence-corrected chi connectivity index (χ3v) is 2.95. The Labute approximate surface area is 132 Å². The van der Waals surface area contributed by atoms with Crippen LogP contribution in [0.4, 0.5) is 5.69 Å². The molecule has 118 valence electrons. The summed E-state index contributed by atoms with van der Waals surface area (Å²) in [6, 6.07) is 4.36. The zero-order chi connectivity index (χ0) is 16.9. The quantitative estimate of drug-likeness (QED) is 0.361. The van der Waals surface area contributed by atoms with Gasteiger partial charge in [-0.05, 0) is 32.9 Å². The van der Waals surface area contributed by atoms with Crippen molar-refractivity contribution in [1.29, 1.82) is 0 Å². The molecular formula is C15H16ClNO5. The molecule has 0 saturated carbocycles. The fourth-order valence-corrected chi connectivity index (χ4v) is 1.80. The summed E-state index contributed by atoms with van der Waals surface area (Å²) in [4.78, 5) is 34.3. The molecule has 0 amide bonds. The van der Waals surface area contributed by atoms with Gasteiger partial charge < -0.3 is 15.2 Å². The number of carboxylic acid groups (broad SMARTS) is 1. The first-order valence-electron chi connectivity index (χ1n) is 6.44. The lowest BCUT2D eigenvalue weighted by atomic mass is 10.2. The lowest BCUT2D eigenvalue weighted by Gasteiger charge is -2.10. The molecule has 6 nitrogen and oxygen atoms in total. The normalized spacial score (nSPS) is 11.2. The van der Waals surface area contributed by atoms with Crippen molar-refractivity contribution < 1.29 is 24.2 Å². The Morgan fingerprint density at radius 1 is 1.32 bits per heavy atom. The highest BCUT2D eigenvalue weighted by Gasteiger charge is 2.18. The van der Waals surface area contributed by atoms with Crippen molar-refractivity contribution in [2.24, 2.45) is 0 Å². The maximum Gasteiger partial charge on any atom is 0.343 e. The summed E-state index contributed by atoms with van der Waals surface area (Å²) in [5.41, 5.74) is -0.0163. The molecule has 0 saturated heterocycles. The van der Waals surface area contributed by atoms with Crippen LogP contribution < -0.4 is 5.32 Å². The number of ether oxygens (including phenoxy) is 1. The maximum atomic E-state index is 11.8. The molecule has 0 aliphatic rings. The van der Waals surface area contributed by atoms with Gasteiger partial charge in [0.15, 0.2) is 5.78 Å². The Morgan fingerprint density at radius 2 is 1.95 bits per heavy atom. The molecule has 1 rings (SSSR count). The smallest absolute Gasteiger partial charge is 0.343 e. The van der Waals surface area contributed by atoms with Crippen molar-refractivity contribution >= 4 is 35.0 Å². The molecule has 0 fully saturated rings. The fourth-order valence-electron chi connectivity index (χ4n) is 1.54. The van der Waals surface area contributed by atoms with Crippen LogP contribution in [-0.4, -0.2) is 28.9 Å². The van der Waals surface area contributed by atoms with Crippen LogP contribution in [0.1, 0.15) is 31.1 Å². The number of anilines is 1. The Bertz CT molecular complexity index is 637. The first-order valence-corrected chi connectivity index (χ1v) is 6.82. The largest absolute Gasteiger partial charge is 0.478 e. The van der Waals surface area contributed by atoms with Crippen LogP contribution >= 0.6 is 11.6 Å². The van der Waals surface area contributed by atoms with Crippen molar-refractivity contribution in [1.82, 2.24) is 0 Å². The van der Waals surface area contributed by atoms with Crippen molar-refractivity contribution in [3.05, 3.63) is 40.6 Å². The lowest BCUT2D eigenvalue weighted by molar-refractivity contribution is -0.143. The highest BCUT2D eigenvalue weighted by Crippen LogP contribution is 2.26. The van der Waals surface area contributed by atoms with E-state index in [1.54, 1.807) is 13.8 Å². The SMILES string of the molecule is CC(=O)C(=CNc1cccc(C(=O)O)c1Cl)C(=O)OC(C)C. The van der Waals surface area contributed by atoms with Gasteiger partial charge in [-0.15, -0.1) is 0 Å². The minimum absolute atomic E-state index is 0.0219. The highest BCUT2D eigenvalue weighted by molar-refractivity contribution is 6.36. The average Bonchev–Trinajstić information content (AvgIpc) is 2.39. The van der Waals surface area contributed by atoms with Crippen molar-refractivity contribution in [2.75, 3.05) is 5.32 Å². The molecule has 0 radical (unpaired) electrons. The Morgan fingerprint density at radius 3 is 2.45 bits per heavy atom. The number of ketones is 1. The molecule has 1 aromatic rings. The molecule has 0 spiro atoms. The number of nitrogens with one attached hydrogen (secondary N) is 1. The molecule has 0 aliphatic carbocycles. The van der Waals surface area contributed by atoms with Gasteiger partial charge in [-0.25, -0.2) is 9.59 Å². The topological polar surface area (TPSA) is 92.7 Å². The van der Waals surface area contributed by atoms with Gasteiger partial charge in [0.1, 0.15) is 5.57 Å². The second-order valence-corrected chi connectivity index (χ2v) is 5.06. The number of hydrogen-bond acceptors (Lipinski definition) is 5. The minimum atomic E-state index is -1.18. The molecular weight excluding hydrogens is 310 g/mol. The van der Waals surface area contributed by atoms with Crippen molar-refractivity contribution in [3.63, 3.8) is 0 Å². The molecule has 0 unspecified atom stereocenters. The summed E-state index contributed by atoms with van der Waals surface area (Å²) >= 11 is 5.96. The number of esters is 1. The van der Waals surface area contributed by atoms with Gasteiger partial charge in [0.25, 0.3) is 0 Å². The van der Waals surface area contributed by atoms with Gasteiger partial charge in [0.2, 0.25) is 0 Å². The van der Waals surface area contributed by atoms with Crippen molar-refractivity contribution in [3.8, 4) is 0 Å². The first kappa shape index (κ1) is 17.7. The number of halogens is 1. The molecule has 0 bridgehead atoms. The predicted octanol–water partition coefficient (Wildman–Crippen LogP) is 2.87. The molecule has 0 aliphatic heterocycles. The molecule has 0 aromatic heterocycles. The van der Waals surface area contributed by atoms with Gasteiger partial charge in [-0.2, -0.15) is 0 Å². The van der Waals surface area contributed by atoms with Crippen LogP contribution in [0, 0.1) is 0 Å². The number of aromatic carboxylic acids is 1. The zero-order valence-corrected chi connectivity index (χ0v) is 13.1. The number of benzene rings is 1. The minimum Gasteiger partial charge on any atom is -0.478 e. The van der Waals surface area contributed by atoms with Crippen molar-refractivity contribution in [2.45, 2.75) is 26.9 Å². The highest BCUT2D eigenvalue weighted by atomic mass is 35.5. The van der Waals surface area contributed by atoms with E-state index in [0.29, 0.717) is 0 Å². The summed E-state index contributed by atoms with van der Waals surface area (Å²) in [6.07, 6.45) is 0.786. The lowest BCUT2D eigenvalue weighted by Crippen LogP contribution is -2.18. The summed E-state index contributed by atoms with van der Waals surface area (Å²) in [7, 11) is 0. The van der Waals surface area contributed by atoms with Gasteiger partial charge in [-0.1, -0.05) is 17.7 Å². The number of hydrogen-bond donors (Lipinski definition) is 2. The van der Waals surface area contributed by atoms with Gasteiger partial charge in [0.05, 0.1) is 22.4 Å². The van der Waals surface area contributed by atoms with Gasteiger partial charge in [-0.3, -0.25) is 4.79 Å². The van der Waals surface area contributed by atoms with E-state index in [2.05, 4.69) is 5.32 Å². The third-order valence-electron chi connectivity index (χ3n) is 2.54. The van der Waals surface area contributed by atoms with Gasteiger partial charge >= 0.3 is 11.9 Å². The first-order chi connectivity index (χ1) is 10.2. The molecule has 22 heavy (non-hydrogen) atoms. The molecule has 7 heteroatoms. The number of rotatable bonds is 6. The van der Waals surface area contributed by atoms with Gasteiger partial charge in [0, 0.05) is 6.20 Å². The average molecular weight is 326 g/mol. The molecule has 2 N–H and O–H groups in total. The van der Waals surface area contributed by atoms with E-state index < -0.39 is 17.7 Å². The summed E-state index contributed by atoms with van der Waals surface area (Å²) < 4.78 is 4.96. The van der Waals surface area contributed by atoms with E-state index >= 15 is 0 Å². The van der Waals surface area contributed by atoms with Crippen LogP contribution in [0.15, 0.2) is 30.0 Å². The van der Waals surface area contributed by atoms with Crippen LogP contribution in [0.5, 0.6) is 0 Å². The Hall–Kier alpha value is -2.34. The second kappa shape index (κ2) is 7.61. The standard InChI is InChI=1S/C15H16ClNO5/c1-8(2)22-15(21)11(9(3)18)7-17-12-6-4-5-10(13(12)16)14(19)20/h4-8,17H,1-3H3,(H,19,20). The second-order valence-electron chi connectivity index (χ2n) is 4.68. The predicted molar refractivity (Wildman–Crippen MR) is 82.0 cm³/mol. The van der Waals surface area contributed by atoms with Crippen LogP contribution in [-0.2, 0) is 14.3 Å². The maximum absolute atomic E-state index is 11.8. The zero-order valence-electron chi connectivity index (χ0n) is 12.3. The Kier molecular flexibility index (Phi) is 6.12. The summed E-state index contributed by atoms with van der Waals surface area (Å²) in [5.74, 6) is -2.42. The summed E-state index contributed by atoms with van der Waals surface area (Å²) in [5, 5.41) is 11.6. The molecule has 0 atom stereocenters.